The van der Waals surface area contributed by atoms with E-state index in [0.717, 1.165) is 23.0 Å². The van der Waals surface area contributed by atoms with E-state index in [1.807, 2.05) is 14.0 Å². The standard InChI is InChI=1S/C12H20N2O2S/c1-8(2)6-7-14(4)12-13-10(9(3)17-12)11(15)16-5/h8H,6-7H2,1-5H3. The maximum absolute atomic E-state index is 11.4. The molecule has 0 aromatic carbocycles. The van der Waals surface area contributed by atoms with Gasteiger partial charge in [-0.1, -0.05) is 13.8 Å². The first-order valence-corrected chi connectivity index (χ1v) is 6.54. The summed E-state index contributed by atoms with van der Waals surface area (Å²) in [5, 5.41) is 0.878. The first-order valence-electron chi connectivity index (χ1n) is 5.72. The van der Waals surface area contributed by atoms with Gasteiger partial charge in [0.05, 0.1) is 7.11 Å². The van der Waals surface area contributed by atoms with E-state index >= 15 is 0 Å². The quantitative estimate of drug-likeness (QED) is 0.760. The molecule has 0 fully saturated rings. The highest BCUT2D eigenvalue weighted by atomic mass is 32.1. The van der Waals surface area contributed by atoms with Gasteiger partial charge in [-0.25, -0.2) is 9.78 Å². The summed E-state index contributed by atoms with van der Waals surface area (Å²) in [6.07, 6.45) is 1.11. The number of ether oxygens (including phenoxy) is 1. The number of methoxy groups -OCH3 is 1. The Morgan fingerprint density at radius 3 is 2.71 bits per heavy atom. The molecule has 0 unspecified atom stereocenters. The Kier molecular flexibility index (Phi) is 4.93. The lowest BCUT2D eigenvalue weighted by molar-refractivity contribution is 0.0594. The first kappa shape index (κ1) is 14.0. The minimum atomic E-state index is -0.359. The normalized spacial score (nSPS) is 10.7. The zero-order valence-corrected chi connectivity index (χ0v) is 11.9. The minimum absolute atomic E-state index is 0.359. The fraction of sp³-hybridized carbons (Fsp3) is 0.667. The van der Waals surface area contributed by atoms with Crippen molar-refractivity contribution in [3.05, 3.63) is 10.6 Å². The Hall–Kier alpha value is -1.10. The van der Waals surface area contributed by atoms with Crippen LogP contribution in [0.15, 0.2) is 0 Å². The number of carbonyl (C=O) groups is 1. The van der Waals surface area contributed by atoms with Crippen molar-refractivity contribution >= 4 is 22.4 Å². The van der Waals surface area contributed by atoms with E-state index in [4.69, 9.17) is 4.74 Å². The summed E-state index contributed by atoms with van der Waals surface area (Å²) in [6, 6.07) is 0. The SMILES string of the molecule is COC(=O)c1nc(N(C)CCC(C)C)sc1C. The van der Waals surface area contributed by atoms with Gasteiger partial charge < -0.3 is 9.64 Å². The molecule has 0 aliphatic carbocycles. The van der Waals surface area contributed by atoms with Gasteiger partial charge in [0, 0.05) is 18.5 Å². The molecule has 0 saturated heterocycles. The molecule has 0 aliphatic rings. The second kappa shape index (κ2) is 6.00. The fourth-order valence-corrected chi connectivity index (χ4v) is 2.26. The largest absolute Gasteiger partial charge is 0.464 e. The topological polar surface area (TPSA) is 42.4 Å². The summed E-state index contributed by atoms with van der Waals surface area (Å²) in [4.78, 5) is 18.8. The maximum Gasteiger partial charge on any atom is 0.357 e. The molecule has 0 bridgehead atoms. The molecular formula is C12H20N2O2S. The number of hydrogen-bond acceptors (Lipinski definition) is 5. The van der Waals surface area contributed by atoms with Crippen LogP contribution in [0.5, 0.6) is 0 Å². The molecule has 0 radical (unpaired) electrons. The monoisotopic (exact) mass is 256 g/mol. The third kappa shape index (κ3) is 3.70. The highest BCUT2D eigenvalue weighted by Gasteiger charge is 2.17. The number of hydrogen-bond donors (Lipinski definition) is 0. The second-order valence-corrected chi connectivity index (χ2v) is 5.68. The van der Waals surface area contributed by atoms with Gasteiger partial charge in [-0.05, 0) is 19.3 Å². The van der Waals surface area contributed by atoms with Crippen LogP contribution in [-0.2, 0) is 4.74 Å². The van der Waals surface area contributed by atoms with E-state index in [-0.39, 0.29) is 5.97 Å². The molecule has 0 spiro atoms. The van der Waals surface area contributed by atoms with E-state index in [1.54, 1.807) is 0 Å². The summed E-state index contributed by atoms with van der Waals surface area (Å²) < 4.78 is 4.70. The number of nitrogens with zero attached hydrogens (tertiary/aromatic N) is 2. The summed E-state index contributed by atoms with van der Waals surface area (Å²) in [5.74, 6) is 0.306. The number of carbonyl (C=O) groups excluding carboxylic acids is 1. The van der Waals surface area contributed by atoms with Crippen LogP contribution >= 0.6 is 11.3 Å². The van der Waals surface area contributed by atoms with Crippen LogP contribution in [0.4, 0.5) is 5.13 Å². The van der Waals surface area contributed by atoms with E-state index < -0.39 is 0 Å². The molecular weight excluding hydrogens is 236 g/mol. The zero-order chi connectivity index (χ0) is 13.0. The molecule has 0 N–H and O–H groups in total. The van der Waals surface area contributed by atoms with Gasteiger partial charge in [-0.15, -0.1) is 11.3 Å². The molecule has 0 atom stereocenters. The van der Waals surface area contributed by atoms with Crippen LogP contribution in [-0.4, -0.2) is 31.7 Å². The van der Waals surface area contributed by atoms with E-state index in [1.165, 1.54) is 18.4 Å². The lowest BCUT2D eigenvalue weighted by atomic mass is 10.1. The van der Waals surface area contributed by atoms with Crippen LogP contribution < -0.4 is 4.90 Å². The van der Waals surface area contributed by atoms with Crippen LogP contribution in [0.2, 0.25) is 0 Å². The molecule has 1 rings (SSSR count). The van der Waals surface area contributed by atoms with Gasteiger partial charge in [0.25, 0.3) is 0 Å². The Bertz CT molecular complexity index is 388. The highest BCUT2D eigenvalue weighted by molar-refractivity contribution is 7.15. The molecule has 96 valence electrons. The van der Waals surface area contributed by atoms with E-state index in [2.05, 4.69) is 23.7 Å². The van der Waals surface area contributed by atoms with Crippen molar-refractivity contribution in [1.82, 2.24) is 4.98 Å². The second-order valence-electron chi connectivity index (χ2n) is 4.50. The van der Waals surface area contributed by atoms with Crippen LogP contribution in [0.3, 0.4) is 0 Å². The van der Waals surface area contributed by atoms with Crippen molar-refractivity contribution in [3.63, 3.8) is 0 Å². The lowest BCUT2D eigenvalue weighted by Gasteiger charge is -2.16. The van der Waals surface area contributed by atoms with Gasteiger partial charge in [0.2, 0.25) is 0 Å². The van der Waals surface area contributed by atoms with Crippen molar-refractivity contribution in [2.75, 3.05) is 25.6 Å². The smallest absolute Gasteiger partial charge is 0.357 e. The third-order valence-electron chi connectivity index (χ3n) is 2.53. The molecule has 17 heavy (non-hydrogen) atoms. The predicted molar refractivity (Wildman–Crippen MR) is 70.9 cm³/mol. The highest BCUT2D eigenvalue weighted by Crippen LogP contribution is 2.25. The number of rotatable bonds is 5. The van der Waals surface area contributed by atoms with Gasteiger partial charge >= 0.3 is 5.97 Å². The molecule has 4 nitrogen and oxygen atoms in total. The van der Waals surface area contributed by atoms with Crippen LogP contribution in [0, 0.1) is 12.8 Å². The average molecular weight is 256 g/mol. The molecule has 0 amide bonds. The van der Waals surface area contributed by atoms with Crippen molar-refractivity contribution in [3.8, 4) is 0 Å². The molecule has 0 aliphatic heterocycles. The predicted octanol–water partition coefficient (Wildman–Crippen LogP) is 2.72. The fourth-order valence-electron chi connectivity index (χ4n) is 1.38. The molecule has 0 saturated carbocycles. The Morgan fingerprint density at radius 1 is 1.53 bits per heavy atom. The minimum Gasteiger partial charge on any atom is -0.464 e. The van der Waals surface area contributed by atoms with Crippen molar-refractivity contribution in [1.29, 1.82) is 0 Å². The van der Waals surface area contributed by atoms with Gasteiger partial charge in [0.15, 0.2) is 10.8 Å². The van der Waals surface area contributed by atoms with Crippen molar-refractivity contribution in [2.24, 2.45) is 5.92 Å². The van der Waals surface area contributed by atoms with Crippen LogP contribution in [0.1, 0.15) is 35.6 Å². The third-order valence-corrected chi connectivity index (χ3v) is 3.62. The summed E-state index contributed by atoms with van der Waals surface area (Å²) >= 11 is 1.53. The van der Waals surface area contributed by atoms with E-state index in [9.17, 15) is 4.79 Å². The maximum atomic E-state index is 11.4. The lowest BCUT2D eigenvalue weighted by Crippen LogP contribution is -2.19. The van der Waals surface area contributed by atoms with E-state index in [0.29, 0.717) is 11.6 Å². The summed E-state index contributed by atoms with van der Waals surface area (Å²) in [6.45, 7) is 7.23. The Morgan fingerprint density at radius 2 is 2.18 bits per heavy atom. The molecule has 1 aromatic rings. The van der Waals surface area contributed by atoms with Crippen molar-refractivity contribution in [2.45, 2.75) is 27.2 Å². The first-order chi connectivity index (χ1) is 7.95. The van der Waals surface area contributed by atoms with Crippen LogP contribution in [0.25, 0.3) is 0 Å². The number of thiazole rings is 1. The van der Waals surface area contributed by atoms with Crippen molar-refractivity contribution < 1.29 is 9.53 Å². The molecule has 5 heteroatoms. The molecule has 1 heterocycles. The number of aryl methyl sites for hydroxylation is 1. The number of aromatic nitrogens is 1. The number of anilines is 1. The molecule has 1 aromatic heterocycles. The average Bonchev–Trinajstić information content (AvgIpc) is 2.67. The van der Waals surface area contributed by atoms with Gasteiger partial charge in [0.1, 0.15) is 0 Å². The Balaban J connectivity index is 2.75. The summed E-state index contributed by atoms with van der Waals surface area (Å²) in [7, 11) is 3.38. The zero-order valence-electron chi connectivity index (χ0n) is 11.1. The summed E-state index contributed by atoms with van der Waals surface area (Å²) in [5.41, 5.74) is 0.434. The van der Waals surface area contributed by atoms with Gasteiger partial charge in [-0.3, -0.25) is 0 Å². The van der Waals surface area contributed by atoms with Gasteiger partial charge in [-0.2, -0.15) is 0 Å². The Labute approximate surface area is 107 Å². The number of esters is 1.